The third kappa shape index (κ3) is 3.59. The van der Waals surface area contributed by atoms with Gasteiger partial charge in [0.25, 0.3) is 10.2 Å². The first-order valence-corrected chi connectivity index (χ1v) is 5.41. The number of hydrogen-bond acceptors (Lipinski definition) is 2. The molecule has 1 rings (SSSR count). The quantitative estimate of drug-likeness (QED) is 0.594. The van der Waals surface area contributed by atoms with Gasteiger partial charge in [-0.1, -0.05) is 18.2 Å². The molecule has 0 heterocycles. The molecule has 0 saturated heterocycles. The predicted molar refractivity (Wildman–Crippen MR) is 53.7 cm³/mol. The molecule has 74 valence electrons. The fourth-order valence-corrected chi connectivity index (χ4v) is 1.88. The van der Waals surface area contributed by atoms with E-state index in [4.69, 9.17) is 5.14 Å². The van der Waals surface area contributed by atoms with Gasteiger partial charge in [-0.3, -0.25) is 4.31 Å². The van der Waals surface area contributed by atoms with E-state index in [1.807, 2.05) is 6.07 Å². The molecule has 1 aromatic rings. The van der Waals surface area contributed by atoms with Crippen LogP contribution in [0.2, 0.25) is 0 Å². The molecule has 0 spiro atoms. The van der Waals surface area contributed by atoms with Crippen LogP contribution in [0.3, 0.4) is 0 Å². The first-order valence-electron chi connectivity index (χ1n) is 3.91. The Morgan fingerprint density at radius 2 is 1.86 bits per heavy atom. The largest absolute Gasteiger partial charge is 1.00 e. The van der Waals surface area contributed by atoms with E-state index in [9.17, 15) is 8.42 Å². The Hall–Kier alpha value is -0.0700. The van der Waals surface area contributed by atoms with Crippen molar-refractivity contribution in [1.29, 1.82) is 0 Å². The zero-order chi connectivity index (χ0) is 9.90. The average molecular weight is 224 g/mol. The van der Waals surface area contributed by atoms with Crippen molar-refractivity contribution in [2.75, 3.05) is 10.8 Å². The Morgan fingerprint density at radius 1 is 1.36 bits per heavy atom. The number of benzene rings is 1. The minimum absolute atomic E-state index is 0. The van der Waals surface area contributed by atoms with E-state index in [0.29, 0.717) is 12.2 Å². The molecule has 0 aliphatic heterocycles. The second kappa shape index (κ2) is 5.72. The standard InChI is InChI=1S/C8H12N2O2S.Na.H/c1-2-10(13(9,11)12)8-6-4-3-5-7-8;;/h3-7H,2H2,1H3,(H2,9,11,12);;/q;+1;-1. The van der Waals surface area contributed by atoms with Gasteiger partial charge in [-0.05, 0) is 19.1 Å². The predicted octanol–water partition coefficient (Wildman–Crippen LogP) is -2.17. The maximum absolute atomic E-state index is 11.1. The number of rotatable bonds is 3. The van der Waals surface area contributed by atoms with Crippen molar-refractivity contribution >= 4 is 15.9 Å². The molecule has 0 aliphatic carbocycles. The zero-order valence-electron chi connectivity index (χ0n) is 9.34. The van der Waals surface area contributed by atoms with Crippen LogP contribution in [0, 0.1) is 0 Å². The number of hydrogen-bond donors (Lipinski definition) is 1. The van der Waals surface area contributed by atoms with Crippen molar-refractivity contribution < 1.29 is 39.4 Å². The van der Waals surface area contributed by atoms with Gasteiger partial charge < -0.3 is 1.43 Å². The second-order valence-corrected chi connectivity index (χ2v) is 4.02. The smallest absolute Gasteiger partial charge is 1.00 e. The number of nitrogens with two attached hydrogens (primary N) is 1. The first-order chi connectivity index (χ1) is 6.05. The molecule has 14 heavy (non-hydrogen) atoms. The van der Waals surface area contributed by atoms with Crippen LogP contribution in [0.15, 0.2) is 30.3 Å². The Morgan fingerprint density at radius 3 is 2.21 bits per heavy atom. The molecule has 0 aliphatic rings. The van der Waals surface area contributed by atoms with Crippen molar-refractivity contribution in [3.63, 3.8) is 0 Å². The van der Waals surface area contributed by atoms with Gasteiger partial charge in [0.2, 0.25) is 0 Å². The minimum Gasteiger partial charge on any atom is -1.00 e. The summed E-state index contributed by atoms with van der Waals surface area (Å²) in [5, 5.41) is 5.02. The van der Waals surface area contributed by atoms with E-state index in [2.05, 4.69) is 0 Å². The van der Waals surface area contributed by atoms with Crippen molar-refractivity contribution in [3.05, 3.63) is 30.3 Å². The molecule has 0 amide bonds. The summed E-state index contributed by atoms with van der Waals surface area (Å²) < 4.78 is 23.3. The van der Waals surface area contributed by atoms with E-state index in [1.54, 1.807) is 31.2 Å². The maximum atomic E-state index is 11.1. The van der Waals surface area contributed by atoms with E-state index in [1.165, 1.54) is 0 Å². The summed E-state index contributed by atoms with van der Waals surface area (Å²) in [5.74, 6) is 0. The van der Waals surface area contributed by atoms with E-state index in [0.717, 1.165) is 4.31 Å². The van der Waals surface area contributed by atoms with Crippen LogP contribution in [-0.2, 0) is 10.2 Å². The average Bonchev–Trinajstić information content (AvgIpc) is 2.05. The van der Waals surface area contributed by atoms with Gasteiger partial charge in [0.1, 0.15) is 0 Å². The molecule has 2 N–H and O–H groups in total. The third-order valence-electron chi connectivity index (χ3n) is 1.64. The van der Waals surface area contributed by atoms with Crippen LogP contribution < -0.4 is 39.0 Å². The molecule has 0 saturated carbocycles. The van der Waals surface area contributed by atoms with Gasteiger partial charge in [-0.25, -0.2) is 5.14 Å². The van der Waals surface area contributed by atoms with Crippen molar-refractivity contribution in [1.82, 2.24) is 0 Å². The van der Waals surface area contributed by atoms with Gasteiger partial charge in [0.05, 0.1) is 5.69 Å². The Labute approximate surface area is 108 Å². The third-order valence-corrected chi connectivity index (χ3v) is 2.72. The van der Waals surface area contributed by atoms with Crippen LogP contribution in [0.5, 0.6) is 0 Å². The van der Waals surface area contributed by atoms with Gasteiger partial charge in [0.15, 0.2) is 0 Å². The monoisotopic (exact) mass is 224 g/mol. The van der Waals surface area contributed by atoms with Crippen molar-refractivity contribution in [3.8, 4) is 0 Å². The Balaban J connectivity index is 0. The van der Waals surface area contributed by atoms with Crippen LogP contribution in [0.1, 0.15) is 8.35 Å². The normalized spacial score (nSPS) is 10.4. The van der Waals surface area contributed by atoms with Gasteiger partial charge in [-0.2, -0.15) is 8.42 Å². The molecule has 1 aromatic carbocycles. The zero-order valence-corrected chi connectivity index (χ0v) is 11.2. The second-order valence-electron chi connectivity index (χ2n) is 2.55. The fraction of sp³-hybridized carbons (Fsp3) is 0.250. The fourth-order valence-electron chi connectivity index (χ4n) is 1.10. The molecule has 0 fully saturated rings. The molecule has 0 atom stereocenters. The molecule has 0 bridgehead atoms. The molecule has 6 heteroatoms. The first kappa shape index (κ1) is 13.9. The van der Waals surface area contributed by atoms with Crippen LogP contribution in [0.25, 0.3) is 0 Å². The summed E-state index contributed by atoms with van der Waals surface area (Å²) in [4.78, 5) is 0. The minimum atomic E-state index is -3.63. The van der Waals surface area contributed by atoms with Crippen LogP contribution in [-0.4, -0.2) is 15.0 Å². The van der Waals surface area contributed by atoms with Crippen molar-refractivity contribution in [2.45, 2.75) is 6.92 Å². The summed E-state index contributed by atoms with van der Waals surface area (Å²) in [6, 6.07) is 8.76. The SMILES string of the molecule is CCN(c1ccccc1)S(N)(=O)=O.[H-].[Na+]. The summed E-state index contributed by atoms with van der Waals surface area (Å²) in [7, 11) is -3.63. The molecular formula is C8H13N2NaO2S. The van der Waals surface area contributed by atoms with Gasteiger partial charge in [-0.15, -0.1) is 0 Å². The Kier molecular flexibility index (Phi) is 5.70. The van der Waals surface area contributed by atoms with E-state index in [-0.39, 0.29) is 31.0 Å². The van der Waals surface area contributed by atoms with Crippen LogP contribution >= 0.6 is 0 Å². The maximum Gasteiger partial charge on any atom is 1.00 e. The molecular weight excluding hydrogens is 211 g/mol. The summed E-state index contributed by atoms with van der Waals surface area (Å²) >= 11 is 0. The summed E-state index contributed by atoms with van der Waals surface area (Å²) in [6.45, 7) is 2.07. The summed E-state index contributed by atoms with van der Waals surface area (Å²) in [6.07, 6.45) is 0. The number of nitrogens with zero attached hydrogens (tertiary/aromatic N) is 1. The molecule has 4 nitrogen and oxygen atoms in total. The number of para-hydroxylation sites is 1. The van der Waals surface area contributed by atoms with Crippen molar-refractivity contribution in [2.24, 2.45) is 5.14 Å². The Bertz CT molecular complexity index is 371. The van der Waals surface area contributed by atoms with E-state index >= 15 is 0 Å². The van der Waals surface area contributed by atoms with Crippen LogP contribution in [0.4, 0.5) is 5.69 Å². The van der Waals surface area contributed by atoms with Gasteiger partial charge >= 0.3 is 29.6 Å². The van der Waals surface area contributed by atoms with Gasteiger partial charge in [0, 0.05) is 6.54 Å². The summed E-state index contributed by atoms with van der Waals surface area (Å²) in [5.41, 5.74) is 0.590. The number of anilines is 1. The topological polar surface area (TPSA) is 63.4 Å². The molecule has 0 unspecified atom stereocenters. The van der Waals surface area contributed by atoms with E-state index < -0.39 is 10.2 Å². The molecule has 0 aromatic heterocycles. The molecule has 0 radical (unpaired) electrons.